The average Bonchev–Trinajstić information content (AvgIpc) is 4.24. The Balaban J connectivity index is 0.000000409. The summed E-state index contributed by atoms with van der Waals surface area (Å²) in [6.07, 6.45) is 62.0. The predicted molar refractivity (Wildman–Crippen MR) is 363 cm³/mol. The van der Waals surface area contributed by atoms with E-state index >= 15 is 0 Å². The molecule has 0 spiro atoms. The van der Waals surface area contributed by atoms with E-state index in [4.69, 9.17) is 0 Å². The number of unbranched alkanes of at least 4 members (excludes halogenated alkanes) is 36. The summed E-state index contributed by atoms with van der Waals surface area (Å²) in [7, 11) is -2.65. The van der Waals surface area contributed by atoms with Gasteiger partial charge >= 0.3 is 0 Å². The van der Waals surface area contributed by atoms with Crippen molar-refractivity contribution in [1.82, 2.24) is 0 Å². The van der Waals surface area contributed by atoms with Crippen molar-refractivity contribution < 1.29 is 0 Å². The Morgan fingerprint density at radius 2 is 0.474 bits per heavy atom. The minimum atomic E-state index is -1.33. The van der Waals surface area contributed by atoms with Crippen molar-refractivity contribution in [3.05, 3.63) is 57.3 Å². The molecule has 4 heterocycles. The summed E-state index contributed by atoms with van der Waals surface area (Å²) in [5.41, 5.74) is 6.59. The van der Waals surface area contributed by atoms with Crippen LogP contribution >= 0.6 is 45.3 Å². The summed E-state index contributed by atoms with van der Waals surface area (Å²) in [5, 5.41) is 4.65. The molecule has 0 aromatic carbocycles. The van der Waals surface area contributed by atoms with E-state index in [1.54, 1.807) is 50.8 Å². The quantitative estimate of drug-likeness (QED) is 0.0305. The molecule has 4 aromatic rings. The fourth-order valence-corrected chi connectivity index (χ4v) is 19.6. The van der Waals surface area contributed by atoms with Gasteiger partial charge in [-0.25, -0.2) is 0 Å². The Hall–Kier alpha value is -0.766. The van der Waals surface area contributed by atoms with E-state index < -0.39 is 16.1 Å². The topological polar surface area (TPSA) is 0 Å². The van der Waals surface area contributed by atoms with Crippen LogP contribution in [0.15, 0.2) is 35.0 Å². The first-order valence-corrected chi connectivity index (χ1v) is 43.7. The van der Waals surface area contributed by atoms with Gasteiger partial charge in [-0.05, 0) is 118 Å². The summed E-state index contributed by atoms with van der Waals surface area (Å²) in [4.78, 5) is 6.49. The Morgan fingerprint density at radius 1 is 0.263 bits per heavy atom. The van der Waals surface area contributed by atoms with Crippen LogP contribution in [0.4, 0.5) is 0 Å². The standard InChI is InChI=1S/C38H70S2Si2.C32H54S2/c1-9-11-13-15-17-19-21-23-25-27-29-33-31-35(41(3,4)5)39-37(33)38-34(32-36(40-38)42(6,7)8)30-28-26-24-22-20-18-16-14-12-10-2;1-3-5-7-9-11-13-15-17-19-21-23-29-25-27-33-31(29)32-30(26-28-34-32)24-22-20-18-16-14-12-10-8-6-4-2/h31-32H,9-30H2,1-8H3;25-28H,3-24H2,1-2H3. The molecular formula is C70H124S4Si2. The van der Waals surface area contributed by atoms with Gasteiger partial charge in [0.1, 0.15) is 0 Å². The van der Waals surface area contributed by atoms with Gasteiger partial charge in [-0.1, -0.05) is 298 Å². The molecule has 0 amide bonds. The largest absolute Gasteiger partial charge is 0.144 e. The molecule has 0 radical (unpaired) electrons. The minimum Gasteiger partial charge on any atom is -0.144 e. The summed E-state index contributed by atoms with van der Waals surface area (Å²) < 4.78 is 3.43. The summed E-state index contributed by atoms with van der Waals surface area (Å²) in [6.45, 7) is 24.5. The van der Waals surface area contributed by atoms with Crippen molar-refractivity contribution in [3.8, 4) is 19.5 Å². The van der Waals surface area contributed by atoms with Crippen molar-refractivity contribution in [2.45, 2.75) is 349 Å². The highest BCUT2D eigenvalue weighted by Gasteiger charge is 2.27. The van der Waals surface area contributed by atoms with Crippen LogP contribution in [0, 0.1) is 0 Å². The van der Waals surface area contributed by atoms with E-state index in [2.05, 4.69) is 125 Å². The summed E-state index contributed by atoms with van der Waals surface area (Å²) in [6, 6.07) is 10.1. The van der Waals surface area contributed by atoms with Crippen molar-refractivity contribution >= 4 is 70.5 Å². The number of rotatable bonds is 48. The van der Waals surface area contributed by atoms with E-state index in [1.807, 2.05) is 22.7 Å². The van der Waals surface area contributed by atoms with Gasteiger partial charge in [-0.3, -0.25) is 0 Å². The van der Waals surface area contributed by atoms with E-state index in [1.165, 1.54) is 283 Å². The first-order valence-electron chi connectivity index (χ1n) is 33.3. The molecule has 0 saturated carbocycles. The minimum absolute atomic E-state index is 1.27. The van der Waals surface area contributed by atoms with Gasteiger partial charge in [0.05, 0.1) is 16.1 Å². The molecule has 0 saturated heterocycles. The molecule has 0 bridgehead atoms. The molecule has 0 aliphatic heterocycles. The number of thiophene rings is 4. The number of hydrogen-bond donors (Lipinski definition) is 0. The van der Waals surface area contributed by atoms with E-state index in [-0.39, 0.29) is 0 Å². The third-order valence-electron chi connectivity index (χ3n) is 16.2. The molecule has 6 heteroatoms. The molecule has 436 valence electrons. The highest BCUT2D eigenvalue weighted by molar-refractivity contribution is 7.34. The Kier molecular flexibility index (Phi) is 40.1. The van der Waals surface area contributed by atoms with Gasteiger partial charge in [0.15, 0.2) is 0 Å². The monoisotopic (exact) mass is 1150 g/mol. The van der Waals surface area contributed by atoms with Gasteiger partial charge in [0, 0.05) is 19.5 Å². The van der Waals surface area contributed by atoms with Crippen LogP contribution in [0.25, 0.3) is 19.5 Å². The molecule has 4 aromatic heterocycles. The molecule has 0 atom stereocenters. The Morgan fingerprint density at radius 3 is 0.697 bits per heavy atom. The van der Waals surface area contributed by atoms with E-state index in [0.717, 1.165) is 0 Å². The van der Waals surface area contributed by atoms with Crippen molar-refractivity contribution in [2.75, 3.05) is 0 Å². The van der Waals surface area contributed by atoms with Gasteiger partial charge in [0.25, 0.3) is 0 Å². The first kappa shape index (κ1) is 69.5. The molecule has 76 heavy (non-hydrogen) atoms. The zero-order valence-electron chi connectivity index (χ0n) is 52.2. The van der Waals surface area contributed by atoms with Crippen LogP contribution in [0.5, 0.6) is 0 Å². The van der Waals surface area contributed by atoms with Crippen LogP contribution in [0.2, 0.25) is 39.3 Å². The van der Waals surface area contributed by atoms with E-state index in [0.29, 0.717) is 0 Å². The van der Waals surface area contributed by atoms with E-state index in [9.17, 15) is 0 Å². The maximum absolute atomic E-state index is 2.66. The lowest BCUT2D eigenvalue weighted by Crippen LogP contribution is -2.34. The van der Waals surface area contributed by atoms with Crippen LogP contribution in [-0.4, -0.2) is 16.1 Å². The normalized spacial score (nSPS) is 12.0. The lowest BCUT2D eigenvalue weighted by molar-refractivity contribution is 0.556. The second-order valence-electron chi connectivity index (χ2n) is 25.7. The van der Waals surface area contributed by atoms with Crippen LogP contribution < -0.4 is 9.00 Å². The molecule has 0 fully saturated rings. The SMILES string of the molecule is CCCCCCCCCCCCc1cc([Si](C)(C)C)sc1-c1sc([Si](C)(C)C)cc1CCCCCCCCCCCC.CCCCCCCCCCCCc1ccsc1-c1sccc1CCCCCCCCCCCC. The Labute approximate surface area is 493 Å². The lowest BCUT2D eigenvalue weighted by Gasteiger charge is -2.12. The van der Waals surface area contributed by atoms with Gasteiger partial charge in [-0.2, -0.15) is 0 Å². The van der Waals surface area contributed by atoms with Crippen LogP contribution in [0.3, 0.4) is 0 Å². The predicted octanol–water partition coefficient (Wildman–Crippen LogP) is 25.9. The second kappa shape index (κ2) is 43.9. The smallest absolute Gasteiger partial charge is 0.0904 e. The maximum atomic E-state index is 2.66. The second-order valence-corrected chi connectivity index (χ2v) is 40.4. The molecule has 0 unspecified atom stereocenters. The Bertz CT molecular complexity index is 1790. The van der Waals surface area contributed by atoms with Gasteiger partial charge in [-0.15, -0.1) is 45.3 Å². The van der Waals surface area contributed by atoms with Crippen LogP contribution in [0.1, 0.15) is 307 Å². The van der Waals surface area contributed by atoms with Crippen molar-refractivity contribution in [1.29, 1.82) is 0 Å². The molecular weight excluding hydrogens is 1030 g/mol. The summed E-state index contributed by atoms with van der Waals surface area (Å²) in [5.74, 6) is 0. The third kappa shape index (κ3) is 30.9. The molecule has 0 aliphatic carbocycles. The molecule has 0 aliphatic rings. The summed E-state index contributed by atoms with van der Waals surface area (Å²) >= 11 is 8.31. The van der Waals surface area contributed by atoms with Crippen LogP contribution in [-0.2, 0) is 25.7 Å². The molecule has 0 N–H and O–H groups in total. The average molecular weight is 1150 g/mol. The molecule has 4 rings (SSSR count). The number of hydrogen-bond acceptors (Lipinski definition) is 4. The molecule has 0 nitrogen and oxygen atoms in total. The zero-order valence-corrected chi connectivity index (χ0v) is 57.5. The third-order valence-corrected chi connectivity index (χ3v) is 28.0. The maximum Gasteiger partial charge on any atom is 0.0904 e. The highest BCUT2D eigenvalue weighted by atomic mass is 32.1. The lowest BCUT2D eigenvalue weighted by atomic mass is 10.0. The number of aryl methyl sites for hydroxylation is 4. The van der Waals surface area contributed by atoms with Crippen molar-refractivity contribution in [3.63, 3.8) is 0 Å². The van der Waals surface area contributed by atoms with Crippen molar-refractivity contribution in [2.24, 2.45) is 0 Å². The fraction of sp³-hybridized carbons (Fsp3) is 0.771. The zero-order chi connectivity index (χ0) is 55.0. The van der Waals surface area contributed by atoms with Gasteiger partial charge in [0.2, 0.25) is 0 Å². The first-order chi connectivity index (χ1) is 36.9. The fourth-order valence-electron chi connectivity index (χ4n) is 11.0. The highest BCUT2D eigenvalue weighted by Crippen LogP contribution is 2.40. The van der Waals surface area contributed by atoms with Gasteiger partial charge < -0.3 is 0 Å².